The van der Waals surface area contributed by atoms with Crippen LogP contribution >= 0.6 is 12.4 Å². The number of carbonyl (C=O) groups is 2. The molecule has 2 aromatic carbocycles. The number of guanidine groups is 1. The number of nitrogens with one attached hydrogen (secondary N) is 1. The number of unbranched alkanes of at least 4 members (excludes halogenated alkanes) is 1. The van der Waals surface area contributed by atoms with Crippen LogP contribution in [0.4, 0.5) is 4.79 Å². The van der Waals surface area contributed by atoms with Crippen LogP contribution in [-0.2, 0) is 9.53 Å². The number of carboxylic acids is 1. The van der Waals surface area contributed by atoms with Gasteiger partial charge in [-0.15, -0.1) is 12.4 Å². The van der Waals surface area contributed by atoms with Crippen molar-refractivity contribution >= 4 is 30.4 Å². The molecule has 3 rings (SSSR count). The third-order valence-corrected chi connectivity index (χ3v) is 6.20. The van der Waals surface area contributed by atoms with Crippen molar-refractivity contribution in [1.29, 1.82) is 0 Å². The van der Waals surface area contributed by atoms with E-state index >= 15 is 0 Å². The number of hydrogen-bond acceptors (Lipinski definition) is 4. The number of amides is 1. The molecule has 8 nitrogen and oxygen atoms in total. The van der Waals surface area contributed by atoms with Crippen LogP contribution < -0.4 is 11.1 Å². The lowest BCUT2D eigenvalue weighted by Gasteiger charge is -2.19. The van der Waals surface area contributed by atoms with Crippen molar-refractivity contribution in [2.75, 3.05) is 26.2 Å². The Bertz CT molecular complexity index is 980. The molecule has 1 aliphatic carbocycles. The van der Waals surface area contributed by atoms with Crippen molar-refractivity contribution in [3.63, 3.8) is 0 Å². The van der Waals surface area contributed by atoms with Gasteiger partial charge in [0.05, 0.1) is 0 Å². The zero-order chi connectivity index (χ0) is 24.5. The number of carboxylic acid groups (broad SMARTS) is 1. The van der Waals surface area contributed by atoms with Crippen LogP contribution in [0.25, 0.3) is 11.1 Å². The zero-order valence-electron chi connectivity index (χ0n) is 20.3. The average Bonchev–Trinajstić information content (AvgIpc) is 3.16. The molecule has 0 spiro atoms. The highest BCUT2D eigenvalue weighted by molar-refractivity contribution is 5.85. The fraction of sp³-hybridized carbons (Fsp3) is 0.423. The number of halogens is 1. The molecule has 0 bridgehead atoms. The minimum absolute atomic E-state index is 0. The first-order valence-electron chi connectivity index (χ1n) is 11.8. The Balaban J connectivity index is 0.00000432. The summed E-state index contributed by atoms with van der Waals surface area (Å²) in [5, 5.41) is 12.0. The van der Waals surface area contributed by atoms with E-state index in [2.05, 4.69) is 22.4 Å². The number of alkyl carbamates (subject to hydrolysis) is 1. The van der Waals surface area contributed by atoms with Crippen LogP contribution in [0.5, 0.6) is 0 Å². The van der Waals surface area contributed by atoms with Crippen LogP contribution in [0.15, 0.2) is 53.5 Å². The molecular weight excluding hydrogens is 468 g/mol. The second-order valence-corrected chi connectivity index (χ2v) is 8.27. The van der Waals surface area contributed by atoms with E-state index in [4.69, 9.17) is 10.5 Å². The molecule has 0 saturated heterocycles. The van der Waals surface area contributed by atoms with Gasteiger partial charge < -0.3 is 25.8 Å². The van der Waals surface area contributed by atoms with E-state index in [0.29, 0.717) is 31.8 Å². The van der Waals surface area contributed by atoms with Gasteiger partial charge in [-0.2, -0.15) is 0 Å². The van der Waals surface area contributed by atoms with Crippen molar-refractivity contribution in [3.8, 4) is 11.1 Å². The fourth-order valence-corrected chi connectivity index (χ4v) is 4.34. The Labute approximate surface area is 213 Å². The summed E-state index contributed by atoms with van der Waals surface area (Å²) >= 11 is 0. The largest absolute Gasteiger partial charge is 0.480 e. The van der Waals surface area contributed by atoms with Crippen LogP contribution in [0.3, 0.4) is 0 Å². The Kier molecular flexibility index (Phi) is 10.9. The first-order valence-corrected chi connectivity index (χ1v) is 11.8. The van der Waals surface area contributed by atoms with Gasteiger partial charge in [-0.3, -0.25) is 4.99 Å². The second-order valence-electron chi connectivity index (χ2n) is 8.27. The number of aliphatic imine (C=N–C) groups is 1. The number of carbonyl (C=O) groups excluding carboxylic acids is 1. The predicted molar refractivity (Wildman–Crippen MR) is 140 cm³/mol. The van der Waals surface area contributed by atoms with E-state index in [0.717, 1.165) is 35.3 Å². The monoisotopic (exact) mass is 502 g/mol. The van der Waals surface area contributed by atoms with Gasteiger partial charge in [0.25, 0.3) is 0 Å². The summed E-state index contributed by atoms with van der Waals surface area (Å²) in [6.45, 7) is 6.26. The van der Waals surface area contributed by atoms with E-state index in [1.54, 1.807) is 0 Å². The SMILES string of the molecule is CCN(CC)C(N)=NCCCC[C@@H](NC(=O)OCC1c2ccccc2-c2ccccc21)C(=O)O.Cl. The highest BCUT2D eigenvalue weighted by Gasteiger charge is 2.29. The first kappa shape index (κ1) is 28.0. The van der Waals surface area contributed by atoms with Crippen molar-refractivity contribution in [2.24, 2.45) is 10.7 Å². The van der Waals surface area contributed by atoms with Gasteiger partial charge in [0.1, 0.15) is 12.6 Å². The maximum Gasteiger partial charge on any atom is 0.407 e. The number of aliphatic carboxylic acids is 1. The Morgan fingerprint density at radius 2 is 1.63 bits per heavy atom. The molecule has 0 radical (unpaired) electrons. The third-order valence-electron chi connectivity index (χ3n) is 6.20. The van der Waals surface area contributed by atoms with Gasteiger partial charge in [0.15, 0.2) is 5.96 Å². The van der Waals surface area contributed by atoms with Crippen LogP contribution in [-0.4, -0.2) is 60.3 Å². The molecule has 0 fully saturated rings. The van der Waals surface area contributed by atoms with Gasteiger partial charge in [0.2, 0.25) is 0 Å². The molecule has 0 saturated carbocycles. The van der Waals surface area contributed by atoms with Crippen molar-refractivity contribution in [1.82, 2.24) is 10.2 Å². The number of nitrogens with zero attached hydrogens (tertiary/aromatic N) is 2. The molecule has 9 heteroatoms. The maximum atomic E-state index is 12.4. The fourth-order valence-electron chi connectivity index (χ4n) is 4.34. The molecular formula is C26H35ClN4O4. The zero-order valence-corrected chi connectivity index (χ0v) is 21.1. The highest BCUT2D eigenvalue weighted by atomic mass is 35.5. The Hall–Kier alpha value is -3.26. The minimum atomic E-state index is -1.08. The van der Waals surface area contributed by atoms with Gasteiger partial charge in [-0.05, 0) is 55.4 Å². The number of ether oxygens (including phenoxy) is 1. The quantitative estimate of drug-likeness (QED) is 0.240. The lowest BCUT2D eigenvalue weighted by Crippen LogP contribution is -2.41. The number of fused-ring (bicyclic) bond motifs is 3. The topological polar surface area (TPSA) is 117 Å². The lowest BCUT2D eigenvalue weighted by atomic mass is 9.98. The molecule has 0 aromatic heterocycles. The number of benzene rings is 2. The van der Waals surface area contributed by atoms with Gasteiger partial charge in [-0.25, -0.2) is 9.59 Å². The Morgan fingerprint density at radius 1 is 1.06 bits per heavy atom. The summed E-state index contributed by atoms with van der Waals surface area (Å²) < 4.78 is 5.47. The predicted octanol–water partition coefficient (Wildman–Crippen LogP) is 4.23. The lowest BCUT2D eigenvalue weighted by molar-refractivity contribution is -0.139. The minimum Gasteiger partial charge on any atom is -0.480 e. The number of nitrogens with two attached hydrogens (primary N) is 1. The third kappa shape index (κ3) is 7.11. The van der Waals surface area contributed by atoms with Gasteiger partial charge >= 0.3 is 12.1 Å². The smallest absolute Gasteiger partial charge is 0.407 e. The van der Waals surface area contributed by atoms with Crippen molar-refractivity contribution < 1.29 is 19.4 Å². The van der Waals surface area contributed by atoms with Crippen LogP contribution in [0.1, 0.15) is 50.2 Å². The van der Waals surface area contributed by atoms with E-state index < -0.39 is 18.1 Å². The molecule has 0 heterocycles. The van der Waals surface area contributed by atoms with E-state index in [1.165, 1.54) is 0 Å². The summed E-state index contributed by atoms with van der Waals surface area (Å²) in [6.07, 6.45) is 0.839. The molecule has 0 unspecified atom stereocenters. The molecule has 1 amide bonds. The summed E-state index contributed by atoms with van der Waals surface area (Å²) in [5.74, 6) is -0.660. The molecule has 1 atom stereocenters. The summed E-state index contributed by atoms with van der Waals surface area (Å²) in [4.78, 5) is 30.4. The Morgan fingerprint density at radius 3 is 2.17 bits per heavy atom. The average molecular weight is 503 g/mol. The van der Waals surface area contributed by atoms with Crippen molar-refractivity contribution in [3.05, 3.63) is 59.7 Å². The van der Waals surface area contributed by atoms with Crippen LogP contribution in [0, 0.1) is 0 Å². The highest BCUT2D eigenvalue weighted by Crippen LogP contribution is 2.44. The standard InChI is InChI=1S/C26H34N4O4.ClH/c1-3-30(4-2)25(27)28-16-10-9-15-23(24(31)32)29-26(33)34-17-22-20-13-7-5-11-18(20)19-12-6-8-14-21(19)22;/h5-8,11-14,22-23H,3-4,9-10,15-17H2,1-2H3,(H2,27,28)(H,29,33)(H,31,32);1H/t23-;/m1./s1. The second kappa shape index (κ2) is 13.6. The maximum absolute atomic E-state index is 12.4. The van der Waals surface area contributed by atoms with Crippen LogP contribution in [0.2, 0.25) is 0 Å². The first-order chi connectivity index (χ1) is 16.5. The number of hydrogen-bond donors (Lipinski definition) is 3. The van der Waals surface area contributed by atoms with E-state index in [-0.39, 0.29) is 24.9 Å². The number of rotatable bonds is 11. The molecule has 0 aliphatic heterocycles. The molecule has 35 heavy (non-hydrogen) atoms. The normalized spacial score (nSPS) is 13.3. The molecule has 2 aromatic rings. The van der Waals surface area contributed by atoms with Gasteiger partial charge in [0, 0.05) is 25.6 Å². The van der Waals surface area contributed by atoms with E-state index in [9.17, 15) is 14.7 Å². The molecule has 190 valence electrons. The molecule has 1 aliphatic rings. The summed E-state index contributed by atoms with van der Waals surface area (Å²) in [5.41, 5.74) is 10.4. The van der Waals surface area contributed by atoms with Gasteiger partial charge in [-0.1, -0.05) is 48.5 Å². The summed E-state index contributed by atoms with van der Waals surface area (Å²) in [7, 11) is 0. The van der Waals surface area contributed by atoms with Crippen molar-refractivity contribution in [2.45, 2.75) is 45.1 Å². The summed E-state index contributed by atoms with van der Waals surface area (Å²) in [6, 6.07) is 15.1. The van der Waals surface area contributed by atoms with E-state index in [1.807, 2.05) is 55.1 Å². The molecule has 4 N–H and O–H groups in total.